The molecule has 1 aromatic rings. The predicted octanol–water partition coefficient (Wildman–Crippen LogP) is 1.98. The number of aryl methyl sites for hydroxylation is 1. The minimum absolute atomic E-state index is 0.117. The van der Waals surface area contributed by atoms with Crippen molar-refractivity contribution >= 4 is 9.84 Å². The SMILES string of the molecule is Cc1nc(C(F)(F)F)ccc1S(=O)(=O)C1NCC12CN(C1CCOC(C)C1)C2. The highest BCUT2D eigenvalue weighted by Crippen LogP contribution is 2.46. The molecule has 0 amide bonds. The third kappa shape index (κ3) is 3.24. The molecule has 156 valence electrons. The first-order chi connectivity index (χ1) is 13.0. The average molecular weight is 419 g/mol. The number of halogens is 3. The van der Waals surface area contributed by atoms with Crippen LogP contribution in [-0.4, -0.2) is 62.1 Å². The van der Waals surface area contributed by atoms with Crippen molar-refractivity contribution in [3.05, 3.63) is 23.5 Å². The van der Waals surface area contributed by atoms with Crippen molar-refractivity contribution in [2.75, 3.05) is 26.2 Å². The van der Waals surface area contributed by atoms with E-state index in [2.05, 4.69) is 15.2 Å². The van der Waals surface area contributed by atoms with Gasteiger partial charge in [0, 0.05) is 37.7 Å². The molecule has 0 aliphatic carbocycles. The van der Waals surface area contributed by atoms with Gasteiger partial charge in [-0.15, -0.1) is 0 Å². The standard InChI is InChI=1S/C18H24F3N3O3S/c1-11-7-13(5-6-27-11)24-9-17(10-24)8-22-16(17)28(25,26)14-3-4-15(18(19,20)21)23-12(14)2/h3-4,11,13,16,22H,5-10H2,1-2H3. The lowest BCUT2D eigenvalue weighted by atomic mass is 9.72. The second-order valence-corrected chi connectivity index (χ2v) is 10.2. The Labute approximate surface area is 162 Å². The molecule has 1 spiro atoms. The van der Waals surface area contributed by atoms with E-state index in [0.29, 0.717) is 32.3 Å². The molecule has 4 rings (SSSR count). The number of likely N-dealkylation sites (tertiary alicyclic amines) is 1. The monoisotopic (exact) mass is 419 g/mol. The van der Waals surface area contributed by atoms with Gasteiger partial charge < -0.3 is 4.74 Å². The molecule has 3 aliphatic heterocycles. The Balaban J connectivity index is 1.50. The van der Waals surface area contributed by atoms with Crippen LogP contribution >= 0.6 is 0 Å². The van der Waals surface area contributed by atoms with Crippen molar-refractivity contribution in [2.45, 2.75) is 55.3 Å². The van der Waals surface area contributed by atoms with Gasteiger partial charge in [-0.3, -0.25) is 10.2 Å². The number of pyridine rings is 1. The summed E-state index contributed by atoms with van der Waals surface area (Å²) >= 11 is 0. The lowest BCUT2D eigenvalue weighted by Gasteiger charge is -2.62. The summed E-state index contributed by atoms with van der Waals surface area (Å²) < 4.78 is 70.3. The molecule has 0 bridgehead atoms. The maximum absolute atomic E-state index is 13.1. The van der Waals surface area contributed by atoms with Gasteiger partial charge in [-0.25, -0.2) is 13.4 Å². The van der Waals surface area contributed by atoms with Crippen LogP contribution in [-0.2, 0) is 20.8 Å². The predicted molar refractivity (Wildman–Crippen MR) is 95.4 cm³/mol. The Morgan fingerprint density at radius 1 is 1.32 bits per heavy atom. The number of aromatic nitrogens is 1. The van der Waals surface area contributed by atoms with Gasteiger partial charge in [-0.05, 0) is 38.8 Å². The molecule has 0 aromatic carbocycles. The third-order valence-electron chi connectivity index (χ3n) is 6.15. The van der Waals surface area contributed by atoms with Crippen molar-refractivity contribution in [1.82, 2.24) is 15.2 Å². The number of rotatable bonds is 3. The van der Waals surface area contributed by atoms with Gasteiger partial charge in [-0.1, -0.05) is 0 Å². The smallest absolute Gasteiger partial charge is 0.378 e. The summed E-state index contributed by atoms with van der Waals surface area (Å²) in [7, 11) is -3.82. The van der Waals surface area contributed by atoms with Crippen molar-refractivity contribution in [3.63, 3.8) is 0 Å². The molecule has 1 N–H and O–H groups in total. The van der Waals surface area contributed by atoms with E-state index in [1.54, 1.807) is 0 Å². The summed E-state index contributed by atoms with van der Waals surface area (Å²) in [5, 5.41) is 2.21. The lowest BCUT2D eigenvalue weighted by molar-refractivity contribution is -0.141. The third-order valence-corrected chi connectivity index (χ3v) is 8.48. The Kier molecular flexibility index (Phi) is 4.76. The maximum Gasteiger partial charge on any atom is 0.433 e. The summed E-state index contributed by atoms with van der Waals surface area (Å²) in [5.74, 6) is 0. The summed E-state index contributed by atoms with van der Waals surface area (Å²) in [5.41, 5.74) is -1.58. The van der Waals surface area contributed by atoms with E-state index in [1.165, 1.54) is 6.92 Å². The van der Waals surface area contributed by atoms with Gasteiger partial charge >= 0.3 is 6.18 Å². The van der Waals surface area contributed by atoms with Gasteiger partial charge in [-0.2, -0.15) is 13.2 Å². The number of hydrogen-bond acceptors (Lipinski definition) is 6. The molecule has 0 saturated carbocycles. The Bertz CT molecular complexity index is 869. The van der Waals surface area contributed by atoms with Gasteiger partial charge in [0.25, 0.3) is 0 Å². The van der Waals surface area contributed by atoms with Gasteiger partial charge in [0.2, 0.25) is 0 Å². The van der Waals surface area contributed by atoms with E-state index in [9.17, 15) is 21.6 Å². The fraction of sp³-hybridized carbons (Fsp3) is 0.722. The Morgan fingerprint density at radius 2 is 2.04 bits per heavy atom. The molecule has 3 unspecified atom stereocenters. The van der Waals surface area contributed by atoms with Gasteiger partial charge in [0.15, 0.2) is 9.84 Å². The van der Waals surface area contributed by atoms with Crippen molar-refractivity contribution < 1.29 is 26.3 Å². The van der Waals surface area contributed by atoms with Crippen LogP contribution in [0.5, 0.6) is 0 Å². The zero-order chi connectivity index (χ0) is 20.3. The number of nitrogens with zero attached hydrogens (tertiary/aromatic N) is 2. The van der Waals surface area contributed by atoms with Gasteiger partial charge in [0.1, 0.15) is 11.1 Å². The number of ether oxygens (including phenoxy) is 1. The van der Waals surface area contributed by atoms with Crippen molar-refractivity contribution in [3.8, 4) is 0 Å². The van der Waals surface area contributed by atoms with Crippen LogP contribution in [0.4, 0.5) is 13.2 Å². The fourth-order valence-electron chi connectivity index (χ4n) is 4.65. The van der Waals surface area contributed by atoms with Gasteiger partial charge in [0.05, 0.1) is 16.7 Å². The van der Waals surface area contributed by atoms with E-state index >= 15 is 0 Å². The minimum atomic E-state index is -4.60. The summed E-state index contributed by atoms with van der Waals surface area (Å²) in [6.07, 6.45) is -2.52. The Morgan fingerprint density at radius 3 is 2.57 bits per heavy atom. The van der Waals surface area contributed by atoms with Crippen LogP contribution in [0, 0.1) is 12.3 Å². The van der Waals surface area contributed by atoms with Crippen LogP contribution in [0.2, 0.25) is 0 Å². The average Bonchev–Trinajstić information content (AvgIpc) is 2.51. The van der Waals surface area contributed by atoms with Crippen molar-refractivity contribution in [2.24, 2.45) is 5.41 Å². The quantitative estimate of drug-likeness (QED) is 0.808. The zero-order valence-corrected chi connectivity index (χ0v) is 16.6. The minimum Gasteiger partial charge on any atom is -0.378 e. The van der Waals surface area contributed by atoms with Crippen molar-refractivity contribution in [1.29, 1.82) is 0 Å². The van der Waals surface area contributed by atoms with E-state index in [1.807, 2.05) is 6.92 Å². The van der Waals surface area contributed by atoms with E-state index < -0.39 is 27.1 Å². The van der Waals surface area contributed by atoms with E-state index in [-0.39, 0.29) is 22.1 Å². The summed E-state index contributed by atoms with van der Waals surface area (Å²) in [6.45, 7) is 6.01. The van der Waals surface area contributed by atoms with Crippen LogP contribution in [0.25, 0.3) is 0 Å². The molecule has 4 heterocycles. The number of hydrogen-bond donors (Lipinski definition) is 1. The lowest BCUT2D eigenvalue weighted by Crippen LogP contribution is -2.79. The van der Waals surface area contributed by atoms with Crippen LogP contribution in [0.15, 0.2) is 17.0 Å². The van der Waals surface area contributed by atoms with E-state index in [4.69, 9.17) is 4.74 Å². The summed E-state index contributed by atoms with van der Waals surface area (Å²) in [4.78, 5) is 5.66. The molecule has 3 atom stereocenters. The molecular formula is C18H24F3N3O3S. The molecular weight excluding hydrogens is 395 g/mol. The molecule has 3 saturated heterocycles. The largest absolute Gasteiger partial charge is 0.433 e. The molecule has 3 aliphatic rings. The number of sulfone groups is 1. The first kappa shape index (κ1) is 20.1. The first-order valence-corrected chi connectivity index (χ1v) is 11.0. The molecule has 0 radical (unpaired) electrons. The van der Waals surface area contributed by atoms with Crippen LogP contribution in [0.3, 0.4) is 0 Å². The molecule has 3 fully saturated rings. The maximum atomic E-state index is 13.1. The fourth-order valence-corrected chi connectivity index (χ4v) is 6.81. The summed E-state index contributed by atoms with van der Waals surface area (Å²) in [6, 6.07) is 2.17. The molecule has 6 nitrogen and oxygen atoms in total. The second-order valence-electron chi connectivity index (χ2n) is 8.21. The topological polar surface area (TPSA) is 71.5 Å². The molecule has 10 heteroatoms. The highest BCUT2D eigenvalue weighted by Gasteiger charge is 2.61. The number of alkyl halides is 3. The molecule has 1 aromatic heterocycles. The highest BCUT2D eigenvalue weighted by molar-refractivity contribution is 7.92. The molecule has 28 heavy (non-hydrogen) atoms. The zero-order valence-electron chi connectivity index (χ0n) is 15.8. The van der Waals surface area contributed by atoms with Crippen LogP contribution in [0.1, 0.15) is 31.2 Å². The highest BCUT2D eigenvalue weighted by atomic mass is 32.2. The number of nitrogens with one attached hydrogen (secondary N) is 1. The van der Waals surface area contributed by atoms with E-state index in [0.717, 1.165) is 25.0 Å². The Hall–Kier alpha value is -1.23. The first-order valence-electron chi connectivity index (χ1n) is 9.41. The van der Waals surface area contributed by atoms with Crippen LogP contribution < -0.4 is 5.32 Å². The normalized spacial score (nSPS) is 30.7. The second kappa shape index (κ2) is 6.65.